The maximum Gasteiger partial charge on any atom is 0.289 e. The van der Waals surface area contributed by atoms with Crippen molar-refractivity contribution < 1.29 is 19.1 Å². The Bertz CT molecular complexity index is 429. The summed E-state index contributed by atoms with van der Waals surface area (Å²) in [5.41, 5.74) is 0. The molecule has 0 spiro atoms. The Hall–Kier alpha value is -1.33. The van der Waals surface area contributed by atoms with Gasteiger partial charge < -0.3 is 19.2 Å². The second kappa shape index (κ2) is 7.45. The van der Waals surface area contributed by atoms with E-state index in [9.17, 15) is 4.79 Å². The summed E-state index contributed by atoms with van der Waals surface area (Å²) in [5, 5.41) is 8.98. The number of methoxy groups -OCH3 is 1. The maximum absolute atomic E-state index is 12.3. The number of likely N-dealkylation sites (tertiary alicyclic amines) is 1. The largest absolute Gasteiger partial charge is 0.453 e. The van der Waals surface area contributed by atoms with Gasteiger partial charge in [-0.2, -0.15) is 0 Å². The second-order valence-corrected chi connectivity index (χ2v) is 5.32. The molecule has 1 aromatic rings. The van der Waals surface area contributed by atoms with Crippen molar-refractivity contribution in [3.63, 3.8) is 0 Å². The summed E-state index contributed by atoms with van der Waals surface area (Å²) in [6.45, 7) is 2.18. The molecule has 1 N–H and O–H groups in total. The molecular weight excluding hydrogens is 258 g/mol. The molecule has 1 fully saturated rings. The molecule has 1 saturated heterocycles. The quantitative estimate of drug-likeness (QED) is 0.811. The lowest BCUT2D eigenvalue weighted by Gasteiger charge is -2.32. The number of carbonyl (C=O) groups excluding carboxylic acids is 1. The molecule has 1 atom stereocenters. The highest BCUT2D eigenvalue weighted by Gasteiger charge is 2.25. The number of piperidine rings is 1. The lowest BCUT2D eigenvalue weighted by atomic mass is 9.93. The Morgan fingerprint density at radius 2 is 2.40 bits per heavy atom. The second-order valence-electron chi connectivity index (χ2n) is 5.32. The molecule has 5 nitrogen and oxygen atoms in total. The number of carbonyl (C=O) groups is 1. The van der Waals surface area contributed by atoms with Gasteiger partial charge in [0.25, 0.3) is 5.91 Å². The molecule has 20 heavy (non-hydrogen) atoms. The number of amides is 1. The van der Waals surface area contributed by atoms with E-state index < -0.39 is 0 Å². The highest BCUT2D eigenvalue weighted by molar-refractivity contribution is 5.91. The highest BCUT2D eigenvalue weighted by Crippen LogP contribution is 2.23. The van der Waals surface area contributed by atoms with E-state index in [1.165, 1.54) is 6.42 Å². The number of furan rings is 1. The van der Waals surface area contributed by atoms with Gasteiger partial charge in [-0.25, -0.2) is 0 Å². The van der Waals surface area contributed by atoms with E-state index in [0.29, 0.717) is 17.4 Å². The van der Waals surface area contributed by atoms with Crippen molar-refractivity contribution in [2.45, 2.75) is 32.3 Å². The average molecular weight is 281 g/mol. The highest BCUT2D eigenvalue weighted by atomic mass is 16.5. The van der Waals surface area contributed by atoms with Gasteiger partial charge in [-0.05, 0) is 43.7 Å². The number of nitrogens with zero attached hydrogens (tertiary/aromatic N) is 1. The molecule has 0 aliphatic carbocycles. The van der Waals surface area contributed by atoms with Crippen molar-refractivity contribution in [2.24, 2.45) is 5.92 Å². The van der Waals surface area contributed by atoms with Crippen LogP contribution < -0.4 is 0 Å². The standard InChI is InChI=1S/C15H23NO4/c1-19-9-3-5-12-4-2-8-16(10-12)15(18)14-7-6-13(11-17)20-14/h6-7,12,17H,2-5,8-11H2,1H3/t12-/m1/s1. The van der Waals surface area contributed by atoms with Crippen molar-refractivity contribution in [1.82, 2.24) is 4.90 Å². The Morgan fingerprint density at radius 1 is 1.55 bits per heavy atom. The van der Waals surface area contributed by atoms with Crippen molar-refractivity contribution in [2.75, 3.05) is 26.8 Å². The average Bonchev–Trinajstić information content (AvgIpc) is 2.96. The van der Waals surface area contributed by atoms with E-state index in [4.69, 9.17) is 14.3 Å². The predicted octanol–water partition coefficient (Wildman–Crippen LogP) is 2.05. The first-order valence-corrected chi connectivity index (χ1v) is 7.22. The molecule has 1 aliphatic rings. The molecule has 2 rings (SSSR count). The molecule has 1 aromatic heterocycles. The van der Waals surface area contributed by atoms with Gasteiger partial charge in [0.1, 0.15) is 12.4 Å². The van der Waals surface area contributed by atoms with Gasteiger partial charge in [0.15, 0.2) is 5.76 Å². The van der Waals surface area contributed by atoms with Crippen LogP contribution in [0.3, 0.4) is 0 Å². The molecule has 1 amide bonds. The minimum atomic E-state index is -0.174. The van der Waals surface area contributed by atoms with Crippen molar-refractivity contribution in [3.8, 4) is 0 Å². The van der Waals surface area contributed by atoms with E-state index in [1.54, 1.807) is 19.2 Å². The third-order valence-electron chi connectivity index (χ3n) is 3.80. The molecule has 0 saturated carbocycles. The fourth-order valence-corrected chi connectivity index (χ4v) is 2.74. The van der Waals surface area contributed by atoms with Gasteiger partial charge in [-0.1, -0.05) is 0 Å². The van der Waals surface area contributed by atoms with Crippen molar-refractivity contribution >= 4 is 5.91 Å². The number of hydrogen-bond acceptors (Lipinski definition) is 4. The molecule has 1 aliphatic heterocycles. The number of rotatable bonds is 6. The first-order chi connectivity index (χ1) is 9.74. The van der Waals surface area contributed by atoms with Crippen LogP contribution in [0.4, 0.5) is 0 Å². The normalized spacial score (nSPS) is 19.3. The first kappa shape index (κ1) is 15.1. The van der Waals surface area contributed by atoms with Crippen LogP contribution in [0.5, 0.6) is 0 Å². The van der Waals surface area contributed by atoms with Crippen LogP contribution in [0.1, 0.15) is 42.0 Å². The Morgan fingerprint density at radius 3 is 3.10 bits per heavy atom. The molecule has 5 heteroatoms. The van der Waals surface area contributed by atoms with Crippen molar-refractivity contribution in [1.29, 1.82) is 0 Å². The smallest absolute Gasteiger partial charge is 0.289 e. The Balaban J connectivity index is 1.89. The van der Waals surface area contributed by atoms with Gasteiger partial charge in [0, 0.05) is 26.8 Å². The lowest BCUT2D eigenvalue weighted by molar-refractivity contribution is 0.0624. The van der Waals surface area contributed by atoms with Gasteiger partial charge in [0.2, 0.25) is 0 Å². The zero-order valence-electron chi connectivity index (χ0n) is 12.0. The summed E-state index contributed by atoms with van der Waals surface area (Å²) in [7, 11) is 1.71. The van der Waals surface area contributed by atoms with Crippen LogP contribution in [0.15, 0.2) is 16.5 Å². The molecule has 0 aromatic carbocycles. The van der Waals surface area contributed by atoms with Crippen LogP contribution in [0.25, 0.3) is 0 Å². The summed E-state index contributed by atoms with van der Waals surface area (Å²) in [5.74, 6) is 1.24. The third kappa shape index (κ3) is 3.84. The van der Waals surface area contributed by atoms with E-state index in [0.717, 1.165) is 39.0 Å². The van der Waals surface area contributed by atoms with Crippen LogP contribution in [0, 0.1) is 5.92 Å². The lowest BCUT2D eigenvalue weighted by Crippen LogP contribution is -2.39. The molecule has 2 heterocycles. The van der Waals surface area contributed by atoms with Gasteiger partial charge >= 0.3 is 0 Å². The fourth-order valence-electron chi connectivity index (χ4n) is 2.74. The summed E-state index contributed by atoms with van der Waals surface area (Å²) in [6, 6.07) is 3.29. The maximum atomic E-state index is 12.3. The predicted molar refractivity (Wildman–Crippen MR) is 74.4 cm³/mol. The number of aliphatic hydroxyl groups is 1. The number of ether oxygens (including phenoxy) is 1. The monoisotopic (exact) mass is 281 g/mol. The summed E-state index contributed by atoms with van der Waals surface area (Å²) >= 11 is 0. The van der Waals surface area contributed by atoms with Crippen LogP contribution >= 0.6 is 0 Å². The first-order valence-electron chi connectivity index (χ1n) is 7.22. The van der Waals surface area contributed by atoms with Crippen LogP contribution in [0.2, 0.25) is 0 Å². The zero-order valence-corrected chi connectivity index (χ0v) is 12.0. The third-order valence-corrected chi connectivity index (χ3v) is 3.80. The van der Waals surface area contributed by atoms with E-state index in [-0.39, 0.29) is 12.5 Å². The molecule has 0 radical (unpaired) electrons. The zero-order chi connectivity index (χ0) is 14.4. The molecule has 112 valence electrons. The number of aliphatic hydroxyl groups excluding tert-OH is 1. The Labute approximate surface area is 119 Å². The van der Waals surface area contributed by atoms with E-state index in [1.807, 2.05) is 4.90 Å². The molecule has 0 bridgehead atoms. The van der Waals surface area contributed by atoms with Crippen LogP contribution in [-0.2, 0) is 11.3 Å². The number of hydrogen-bond donors (Lipinski definition) is 1. The van der Waals surface area contributed by atoms with E-state index >= 15 is 0 Å². The van der Waals surface area contributed by atoms with Gasteiger partial charge in [0.05, 0.1) is 0 Å². The summed E-state index contributed by atoms with van der Waals surface area (Å²) in [4.78, 5) is 14.2. The minimum absolute atomic E-state index is 0.0684. The molecule has 0 unspecified atom stereocenters. The topological polar surface area (TPSA) is 62.9 Å². The van der Waals surface area contributed by atoms with Crippen molar-refractivity contribution in [3.05, 3.63) is 23.7 Å². The summed E-state index contributed by atoms with van der Waals surface area (Å²) in [6.07, 6.45) is 4.35. The fraction of sp³-hybridized carbons (Fsp3) is 0.667. The van der Waals surface area contributed by atoms with E-state index in [2.05, 4.69) is 0 Å². The minimum Gasteiger partial charge on any atom is -0.453 e. The Kier molecular flexibility index (Phi) is 5.61. The molecular formula is C15H23NO4. The summed E-state index contributed by atoms with van der Waals surface area (Å²) < 4.78 is 10.4. The van der Waals surface area contributed by atoms with Gasteiger partial charge in [-0.15, -0.1) is 0 Å². The van der Waals surface area contributed by atoms with Crippen LogP contribution in [-0.4, -0.2) is 42.7 Å². The SMILES string of the molecule is COCCC[C@H]1CCCN(C(=O)c2ccc(CO)o2)C1. The van der Waals surface area contributed by atoms with Gasteiger partial charge in [-0.3, -0.25) is 4.79 Å².